The lowest BCUT2D eigenvalue weighted by molar-refractivity contribution is -0.128. The van der Waals surface area contributed by atoms with Crippen molar-refractivity contribution in [1.82, 2.24) is 5.16 Å². The molecular weight excluding hydrogens is 412 g/mol. The van der Waals surface area contributed by atoms with Crippen LogP contribution in [0, 0.1) is 6.92 Å². The van der Waals surface area contributed by atoms with Crippen LogP contribution in [0.2, 0.25) is 0 Å². The van der Waals surface area contributed by atoms with Crippen LogP contribution in [0.15, 0.2) is 10.6 Å². The molecule has 0 unspecified atom stereocenters. The number of benzene rings is 1. The summed E-state index contributed by atoms with van der Waals surface area (Å²) < 4.78 is 16.9. The number of carbonyl (C=O) groups is 2. The second-order valence-electron chi connectivity index (χ2n) is 9.83. The number of ether oxygens (including phenoxy) is 2. The maximum atomic E-state index is 13.5. The van der Waals surface area contributed by atoms with E-state index in [1.165, 1.54) is 4.90 Å². The van der Waals surface area contributed by atoms with Crippen LogP contribution in [-0.2, 0) is 32.5 Å². The van der Waals surface area contributed by atoms with Crippen LogP contribution in [0.5, 0.6) is 0 Å². The number of hydrogen-bond donors (Lipinski definition) is 1. The Hall–Kier alpha value is -2.71. The second kappa shape index (κ2) is 6.89. The lowest BCUT2D eigenvalue weighted by Crippen LogP contribution is -2.62. The van der Waals surface area contributed by atoms with Crippen LogP contribution in [0.1, 0.15) is 68.6 Å². The van der Waals surface area contributed by atoms with Gasteiger partial charge in [0.2, 0.25) is 6.29 Å². The number of anilines is 1. The van der Waals surface area contributed by atoms with E-state index in [1.54, 1.807) is 13.8 Å². The lowest BCUT2D eigenvalue weighted by Gasteiger charge is -2.48. The molecule has 32 heavy (non-hydrogen) atoms. The molecule has 1 fully saturated rings. The smallest absolute Gasteiger partial charge is 0.412 e. The van der Waals surface area contributed by atoms with Crippen LogP contribution < -0.4 is 4.90 Å². The number of aromatic nitrogens is 1. The zero-order valence-corrected chi connectivity index (χ0v) is 19.1. The van der Waals surface area contributed by atoms with Gasteiger partial charge in [-0.15, -0.1) is 0 Å². The quantitative estimate of drug-likeness (QED) is 0.742. The number of Topliss-reactive ketones (excluding diaryl/α,β-unsaturated/α-hetero) is 1. The summed E-state index contributed by atoms with van der Waals surface area (Å²) >= 11 is 0. The summed E-state index contributed by atoms with van der Waals surface area (Å²) in [4.78, 5) is 27.2. The average molecular weight is 440 g/mol. The van der Waals surface area contributed by atoms with E-state index in [9.17, 15) is 14.7 Å². The standard InChI is InChI=1S/C24H28N2O6/c1-12-17(18(25-32-12)20-30-9-10-31-20)15-11-16-19(14-8-6-7-13(14)15)26(22(28)29)24(4,5)21(27)23(16,2)3/h11,20H,6-10H2,1-5H3,(H,28,29). The minimum Gasteiger partial charge on any atom is -0.465 e. The van der Waals surface area contributed by atoms with Gasteiger partial charge in [0.05, 0.1) is 29.9 Å². The van der Waals surface area contributed by atoms with Gasteiger partial charge in [0.1, 0.15) is 17.0 Å². The van der Waals surface area contributed by atoms with Crippen LogP contribution in [-0.4, -0.2) is 40.9 Å². The zero-order valence-electron chi connectivity index (χ0n) is 19.1. The maximum absolute atomic E-state index is 13.5. The van der Waals surface area contributed by atoms with Crippen molar-refractivity contribution < 1.29 is 28.7 Å². The molecule has 0 radical (unpaired) electrons. The van der Waals surface area contributed by atoms with Crippen molar-refractivity contribution in [3.8, 4) is 11.1 Å². The van der Waals surface area contributed by atoms with E-state index in [1.807, 2.05) is 26.8 Å². The SMILES string of the molecule is Cc1onc(C2OCCO2)c1-c1cc2c(c3c1CCC3)N(C(=O)O)C(C)(C)C(=O)C2(C)C. The number of nitrogens with zero attached hydrogens (tertiary/aromatic N) is 2. The molecule has 8 nitrogen and oxygen atoms in total. The minimum absolute atomic E-state index is 0.131. The Morgan fingerprint density at radius 2 is 1.81 bits per heavy atom. The topological polar surface area (TPSA) is 102 Å². The Bertz CT molecular complexity index is 1140. The molecule has 2 aromatic rings. The summed E-state index contributed by atoms with van der Waals surface area (Å²) in [5.41, 5.74) is 3.77. The van der Waals surface area contributed by atoms with Gasteiger partial charge in [0, 0.05) is 0 Å². The molecule has 1 saturated heterocycles. The largest absolute Gasteiger partial charge is 0.465 e. The fourth-order valence-corrected chi connectivity index (χ4v) is 5.72. The molecule has 3 heterocycles. The summed E-state index contributed by atoms with van der Waals surface area (Å²) in [6.45, 7) is 9.98. The highest BCUT2D eigenvalue weighted by Gasteiger charge is 2.54. The molecule has 1 aromatic heterocycles. The molecule has 1 aromatic carbocycles. The first kappa shape index (κ1) is 21.2. The number of carboxylic acid groups (broad SMARTS) is 1. The van der Waals surface area contributed by atoms with Gasteiger partial charge in [-0.1, -0.05) is 5.16 Å². The van der Waals surface area contributed by atoms with Crippen LogP contribution in [0.25, 0.3) is 11.1 Å². The monoisotopic (exact) mass is 440 g/mol. The molecule has 3 aliphatic rings. The summed E-state index contributed by atoms with van der Waals surface area (Å²) in [5, 5.41) is 14.4. The molecular formula is C24H28N2O6. The summed E-state index contributed by atoms with van der Waals surface area (Å²) in [6, 6.07) is 1.97. The third-order valence-corrected chi connectivity index (χ3v) is 7.15. The number of ketones is 1. The Morgan fingerprint density at radius 1 is 1.16 bits per heavy atom. The Balaban J connectivity index is 1.82. The molecule has 1 aliphatic carbocycles. The fourth-order valence-electron chi connectivity index (χ4n) is 5.72. The average Bonchev–Trinajstić information content (AvgIpc) is 3.46. The summed E-state index contributed by atoms with van der Waals surface area (Å²) in [5.74, 6) is 0.511. The van der Waals surface area contributed by atoms with E-state index >= 15 is 0 Å². The predicted molar refractivity (Wildman–Crippen MR) is 116 cm³/mol. The Labute approximate surface area is 186 Å². The molecule has 5 rings (SSSR count). The van der Waals surface area contributed by atoms with E-state index < -0.39 is 23.3 Å². The number of carbonyl (C=O) groups excluding carboxylic acids is 1. The summed E-state index contributed by atoms with van der Waals surface area (Å²) in [7, 11) is 0. The normalized spacial score (nSPS) is 21.7. The highest BCUT2D eigenvalue weighted by molar-refractivity contribution is 6.11. The number of amides is 1. The highest BCUT2D eigenvalue weighted by atomic mass is 16.7. The van der Waals surface area contributed by atoms with Crippen molar-refractivity contribution in [1.29, 1.82) is 0 Å². The van der Waals surface area contributed by atoms with Gasteiger partial charge in [0.15, 0.2) is 5.78 Å². The molecule has 0 atom stereocenters. The van der Waals surface area contributed by atoms with Crippen molar-refractivity contribution in [3.05, 3.63) is 34.2 Å². The first-order chi connectivity index (χ1) is 15.1. The van der Waals surface area contributed by atoms with E-state index in [0.29, 0.717) is 30.4 Å². The maximum Gasteiger partial charge on any atom is 0.412 e. The lowest BCUT2D eigenvalue weighted by atomic mass is 9.67. The van der Waals surface area contributed by atoms with Crippen molar-refractivity contribution in [3.63, 3.8) is 0 Å². The van der Waals surface area contributed by atoms with E-state index in [2.05, 4.69) is 5.16 Å². The van der Waals surface area contributed by atoms with Gasteiger partial charge in [-0.2, -0.15) is 0 Å². The third-order valence-electron chi connectivity index (χ3n) is 7.15. The van der Waals surface area contributed by atoms with Crippen LogP contribution >= 0.6 is 0 Å². The minimum atomic E-state index is -1.16. The molecule has 1 N–H and O–H groups in total. The number of fused-ring (bicyclic) bond motifs is 3. The number of rotatable bonds is 2. The van der Waals surface area contributed by atoms with E-state index in [-0.39, 0.29) is 5.78 Å². The first-order valence-electron chi connectivity index (χ1n) is 11.0. The fraction of sp³-hybridized carbons (Fsp3) is 0.542. The van der Waals surface area contributed by atoms with Gasteiger partial charge in [-0.05, 0) is 82.2 Å². The molecule has 0 spiro atoms. The van der Waals surface area contributed by atoms with Crippen molar-refractivity contribution >= 4 is 17.6 Å². The number of hydrogen-bond acceptors (Lipinski definition) is 6. The zero-order chi connectivity index (χ0) is 23.0. The molecule has 1 amide bonds. The molecule has 2 aliphatic heterocycles. The van der Waals surface area contributed by atoms with Gasteiger partial charge in [0.25, 0.3) is 0 Å². The summed E-state index contributed by atoms with van der Waals surface area (Å²) in [6.07, 6.45) is 0.774. The first-order valence-corrected chi connectivity index (χ1v) is 11.0. The van der Waals surface area contributed by atoms with Crippen molar-refractivity contribution in [2.24, 2.45) is 0 Å². The van der Waals surface area contributed by atoms with Crippen LogP contribution in [0.4, 0.5) is 10.5 Å². The highest BCUT2D eigenvalue weighted by Crippen LogP contribution is 2.52. The molecule has 8 heteroatoms. The number of aryl methyl sites for hydroxylation is 1. The third kappa shape index (κ3) is 2.72. The Morgan fingerprint density at radius 3 is 2.47 bits per heavy atom. The van der Waals surface area contributed by atoms with Gasteiger partial charge in [-0.3, -0.25) is 9.69 Å². The molecule has 0 saturated carbocycles. The van der Waals surface area contributed by atoms with Crippen LogP contribution in [0.3, 0.4) is 0 Å². The van der Waals surface area contributed by atoms with Gasteiger partial charge in [-0.25, -0.2) is 4.79 Å². The molecule has 0 bridgehead atoms. The molecule has 170 valence electrons. The van der Waals surface area contributed by atoms with E-state index in [4.69, 9.17) is 14.0 Å². The van der Waals surface area contributed by atoms with E-state index in [0.717, 1.165) is 47.1 Å². The second-order valence-corrected chi connectivity index (χ2v) is 9.83. The predicted octanol–water partition coefficient (Wildman–Crippen LogP) is 4.31. The van der Waals surface area contributed by atoms with Gasteiger partial charge < -0.3 is 19.1 Å². The van der Waals surface area contributed by atoms with Crippen molar-refractivity contribution in [2.75, 3.05) is 18.1 Å². The van der Waals surface area contributed by atoms with Crippen molar-refractivity contribution in [2.45, 2.75) is 71.1 Å². The van der Waals surface area contributed by atoms with Gasteiger partial charge >= 0.3 is 6.09 Å². The Kier molecular flexibility index (Phi) is 4.56.